The molecule has 2 aliphatic carbocycles. The lowest BCUT2D eigenvalue weighted by Crippen LogP contribution is -2.45. The van der Waals surface area contributed by atoms with Crippen molar-refractivity contribution in [2.45, 2.75) is 83.5 Å². The number of hydrogen-bond donors (Lipinski definition) is 1. The maximum absolute atomic E-state index is 3.90. The third-order valence-corrected chi connectivity index (χ3v) is 5.38. The van der Waals surface area contributed by atoms with Gasteiger partial charge in [-0.15, -0.1) is 0 Å². The first kappa shape index (κ1) is 16.0. The fraction of sp³-hybridized carbons (Fsp3) is 0.700. The molecular formula is C20H32N2. The quantitative estimate of drug-likeness (QED) is 0.766. The molecule has 1 N–H and O–H groups in total. The number of rotatable bonds is 4. The van der Waals surface area contributed by atoms with Gasteiger partial charge in [0, 0.05) is 18.1 Å². The van der Waals surface area contributed by atoms with Crippen LogP contribution < -0.4 is 5.32 Å². The smallest absolute Gasteiger partial charge is 0.0833 e. The van der Waals surface area contributed by atoms with Gasteiger partial charge < -0.3 is 0 Å². The third-order valence-electron chi connectivity index (χ3n) is 5.38. The van der Waals surface area contributed by atoms with Crippen molar-refractivity contribution < 1.29 is 0 Å². The molecule has 0 aromatic carbocycles. The molecule has 122 valence electrons. The Balaban J connectivity index is 1.85. The van der Waals surface area contributed by atoms with Gasteiger partial charge in [0.15, 0.2) is 0 Å². The molecule has 0 amide bonds. The van der Waals surface area contributed by atoms with Gasteiger partial charge in [0.2, 0.25) is 0 Å². The molecule has 2 heteroatoms. The van der Waals surface area contributed by atoms with Gasteiger partial charge in [-0.2, -0.15) is 0 Å². The Bertz CT molecular complexity index is 484. The fourth-order valence-electron chi connectivity index (χ4n) is 4.37. The lowest BCUT2D eigenvalue weighted by Gasteiger charge is -2.36. The molecule has 0 saturated carbocycles. The Morgan fingerprint density at radius 1 is 1.27 bits per heavy atom. The van der Waals surface area contributed by atoms with Gasteiger partial charge in [-0.05, 0) is 64.4 Å². The van der Waals surface area contributed by atoms with Gasteiger partial charge >= 0.3 is 0 Å². The van der Waals surface area contributed by atoms with Crippen LogP contribution in [0.4, 0.5) is 0 Å². The molecule has 0 bridgehead atoms. The van der Waals surface area contributed by atoms with E-state index >= 15 is 0 Å². The van der Waals surface area contributed by atoms with Crippen LogP contribution in [-0.2, 0) is 0 Å². The minimum Gasteiger partial charge on any atom is -0.292 e. The summed E-state index contributed by atoms with van der Waals surface area (Å²) in [6.45, 7) is 8.20. The van der Waals surface area contributed by atoms with Gasteiger partial charge in [-0.3, -0.25) is 10.2 Å². The molecule has 1 heterocycles. The average Bonchev–Trinajstić information content (AvgIpc) is 2.86. The molecule has 0 aromatic rings. The minimum absolute atomic E-state index is 0.204. The van der Waals surface area contributed by atoms with Crippen molar-refractivity contribution in [3.8, 4) is 0 Å². The molecule has 0 radical (unpaired) electrons. The number of nitrogens with one attached hydrogen (secondary N) is 1. The summed E-state index contributed by atoms with van der Waals surface area (Å²) in [6, 6.07) is 0.617. The highest BCUT2D eigenvalue weighted by Crippen LogP contribution is 2.34. The topological polar surface area (TPSA) is 15.3 Å². The SMILES string of the molecule is CCC(C1=CCCCC1)N1CC(C)(C)NC1C1=CC=CCC1. The van der Waals surface area contributed by atoms with E-state index in [-0.39, 0.29) is 5.54 Å². The van der Waals surface area contributed by atoms with Crippen molar-refractivity contribution in [2.24, 2.45) is 0 Å². The van der Waals surface area contributed by atoms with Crippen molar-refractivity contribution in [2.75, 3.05) is 6.54 Å². The van der Waals surface area contributed by atoms with E-state index in [0.29, 0.717) is 12.2 Å². The van der Waals surface area contributed by atoms with Gasteiger partial charge in [0.25, 0.3) is 0 Å². The molecule has 3 rings (SSSR count). The first-order valence-electron chi connectivity index (χ1n) is 9.19. The second-order valence-electron chi connectivity index (χ2n) is 7.76. The Morgan fingerprint density at radius 3 is 2.77 bits per heavy atom. The zero-order chi connectivity index (χ0) is 15.6. The summed E-state index contributed by atoms with van der Waals surface area (Å²) in [4.78, 5) is 2.75. The molecule has 1 fully saturated rings. The van der Waals surface area contributed by atoms with E-state index in [1.165, 1.54) is 44.9 Å². The van der Waals surface area contributed by atoms with Crippen LogP contribution in [0.1, 0.15) is 65.7 Å². The van der Waals surface area contributed by atoms with Gasteiger partial charge in [-0.1, -0.05) is 36.8 Å². The zero-order valence-corrected chi connectivity index (χ0v) is 14.6. The normalized spacial score (nSPS) is 30.0. The van der Waals surface area contributed by atoms with E-state index in [4.69, 9.17) is 0 Å². The number of hydrogen-bond acceptors (Lipinski definition) is 2. The Kier molecular flexibility index (Phi) is 4.89. The minimum atomic E-state index is 0.204. The van der Waals surface area contributed by atoms with E-state index in [0.717, 1.165) is 6.54 Å². The molecule has 2 nitrogen and oxygen atoms in total. The van der Waals surface area contributed by atoms with E-state index in [2.05, 4.69) is 55.3 Å². The number of allylic oxidation sites excluding steroid dienone is 4. The first-order valence-corrected chi connectivity index (χ1v) is 9.19. The predicted octanol–water partition coefficient (Wildman–Crippen LogP) is 4.55. The van der Waals surface area contributed by atoms with Crippen molar-refractivity contribution in [3.63, 3.8) is 0 Å². The van der Waals surface area contributed by atoms with Gasteiger partial charge in [-0.25, -0.2) is 0 Å². The van der Waals surface area contributed by atoms with Crippen molar-refractivity contribution in [3.05, 3.63) is 35.5 Å². The highest BCUT2D eigenvalue weighted by Gasteiger charge is 2.41. The maximum Gasteiger partial charge on any atom is 0.0833 e. The summed E-state index contributed by atoms with van der Waals surface area (Å²) in [5.41, 5.74) is 3.48. The van der Waals surface area contributed by atoms with E-state index in [1.54, 1.807) is 11.1 Å². The fourth-order valence-corrected chi connectivity index (χ4v) is 4.37. The molecule has 0 spiro atoms. The summed E-state index contributed by atoms with van der Waals surface area (Å²) < 4.78 is 0. The van der Waals surface area contributed by atoms with Crippen LogP contribution in [0.15, 0.2) is 35.5 Å². The maximum atomic E-state index is 3.90. The molecule has 3 aliphatic rings. The third kappa shape index (κ3) is 3.38. The molecule has 2 unspecified atom stereocenters. The molecule has 2 atom stereocenters. The Hall–Kier alpha value is -0.860. The molecule has 0 aromatic heterocycles. The second kappa shape index (κ2) is 6.72. The first-order chi connectivity index (χ1) is 10.6. The van der Waals surface area contributed by atoms with Crippen LogP contribution in [0.5, 0.6) is 0 Å². The molecule has 22 heavy (non-hydrogen) atoms. The van der Waals surface area contributed by atoms with Crippen LogP contribution in [0.25, 0.3) is 0 Å². The number of nitrogens with zero attached hydrogens (tertiary/aromatic N) is 1. The molecule has 1 aliphatic heterocycles. The Labute approximate surface area is 136 Å². The van der Waals surface area contributed by atoms with Crippen molar-refractivity contribution in [1.82, 2.24) is 10.2 Å². The van der Waals surface area contributed by atoms with E-state index in [1.807, 2.05) is 0 Å². The summed E-state index contributed by atoms with van der Waals surface area (Å²) in [7, 11) is 0. The van der Waals surface area contributed by atoms with Crippen LogP contribution in [-0.4, -0.2) is 29.2 Å². The standard InChI is InChI=1S/C20H32N2/c1-4-18(16-11-7-5-8-12-16)22-15-20(2,3)21-19(22)17-13-9-6-10-14-17/h6,9,11,13,18-19,21H,4-5,7-8,10,12,14-15H2,1-3H3. The largest absolute Gasteiger partial charge is 0.292 e. The summed E-state index contributed by atoms with van der Waals surface area (Å²) in [5.74, 6) is 0. The van der Waals surface area contributed by atoms with Gasteiger partial charge in [0.1, 0.15) is 0 Å². The average molecular weight is 300 g/mol. The summed E-state index contributed by atoms with van der Waals surface area (Å²) in [5, 5.41) is 3.90. The second-order valence-corrected chi connectivity index (χ2v) is 7.76. The van der Waals surface area contributed by atoms with Gasteiger partial charge in [0.05, 0.1) is 6.17 Å². The van der Waals surface area contributed by atoms with Crippen molar-refractivity contribution in [1.29, 1.82) is 0 Å². The highest BCUT2D eigenvalue weighted by molar-refractivity contribution is 5.26. The Morgan fingerprint density at radius 2 is 2.14 bits per heavy atom. The van der Waals surface area contributed by atoms with Crippen LogP contribution in [0.2, 0.25) is 0 Å². The monoisotopic (exact) mass is 300 g/mol. The van der Waals surface area contributed by atoms with Crippen LogP contribution in [0, 0.1) is 0 Å². The zero-order valence-electron chi connectivity index (χ0n) is 14.6. The van der Waals surface area contributed by atoms with E-state index in [9.17, 15) is 0 Å². The van der Waals surface area contributed by atoms with Crippen LogP contribution >= 0.6 is 0 Å². The predicted molar refractivity (Wildman–Crippen MR) is 94.8 cm³/mol. The highest BCUT2D eigenvalue weighted by atomic mass is 15.4. The van der Waals surface area contributed by atoms with Crippen LogP contribution in [0.3, 0.4) is 0 Å². The lowest BCUT2D eigenvalue weighted by atomic mass is 9.90. The molecular weight excluding hydrogens is 268 g/mol. The van der Waals surface area contributed by atoms with Crippen molar-refractivity contribution >= 4 is 0 Å². The van der Waals surface area contributed by atoms with E-state index < -0.39 is 0 Å². The summed E-state index contributed by atoms with van der Waals surface area (Å²) >= 11 is 0. The summed E-state index contributed by atoms with van der Waals surface area (Å²) in [6.07, 6.45) is 18.8. The molecule has 1 saturated heterocycles. The lowest BCUT2D eigenvalue weighted by molar-refractivity contribution is 0.201.